The zero-order chi connectivity index (χ0) is 21.5. The molecule has 1 aromatic heterocycles. The van der Waals surface area contributed by atoms with Crippen LogP contribution < -0.4 is 10.1 Å². The quantitative estimate of drug-likeness (QED) is 0.748. The molecule has 160 valence electrons. The first kappa shape index (κ1) is 21.6. The normalized spacial score (nSPS) is 15.7. The van der Waals surface area contributed by atoms with Crippen LogP contribution in [0.15, 0.2) is 48.7 Å². The van der Waals surface area contributed by atoms with E-state index in [9.17, 15) is 18.4 Å². The lowest BCUT2D eigenvalue weighted by Crippen LogP contribution is -2.54. The van der Waals surface area contributed by atoms with Gasteiger partial charge in [-0.1, -0.05) is 18.2 Å². The van der Waals surface area contributed by atoms with E-state index in [0.29, 0.717) is 26.2 Å². The number of hydrogen-bond acceptors (Lipinski definition) is 5. The monoisotopic (exact) mass is 418 g/mol. The summed E-state index contributed by atoms with van der Waals surface area (Å²) in [5.41, 5.74) is 0.918. The van der Waals surface area contributed by atoms with Gasteiger partial charge in [0.1, 0.15) is 5.75 Å². The van der Waals surface area contributed by atoms with E-state index in [1.54, 1.807) is 36.2 Å². The fraction of sp³-hybridized carbons (Fsp3) is 0.381. The SMILES string of the molecule is CC(C(=O)Nc1ccccc1OC(F)F)N1CCN(C(=O)Cc2ccccn2)CC1. The number of hydrogen-bond donors (Lipinski definition) is 1. The molecule has 1 fully saturated rings. The van der Waals surface area contributed by atoms with E-state index in [1.165, 1.54) is 12.1 Å². The Balaban J connectivity index is 1.52. The topological polar surface area (TPSA) is 74.8 Å². The van der Waals surface area contributed by atoms with Crippen molar-refractivity contribution in [2.24, 2.45) is 0 Å². The number of amides is 2. The minimum Gasteiger partial charge on any atom is -0.433 e. The molecule has 3 rings (SSSR count). The molecule has 1 aliphatic heterocycles. The molecule has 2 aromatic rings. The fourth-order valence-corrected chi connectivity index (χ4v) is 3.30. The van der Waals surface area contributed by atoms with Gasteiger partial charge in [-0.3, -0.25) is 19.5 Å². The molecule has 0 saturated carbocycles. The van der Waals surface area contributed by atoms with Crippen LogP contribution in [0.1, 0.15) is 12.6 Å². The molecule has 1 aliphatic rings. The maximum Gasteiger partial charge on any atom is 0.387 e. The van der Waals surface area contributed by atoms with E-state index in [2.05, 4.69) is 15.0 Å². The summed E-state index contributed by atoms with van der Waals surface area (Å²) >= 11 is 0. The van der Waals surface area contributed by atoms with Crippen LogP contribution in [0.25, 0.3) is 0 Å². The van der Waals surface area contributed by atoms with Crippen molar-refractivity contribution in [2.45, 2.75) is 26.0 Å². The molecule has 0 aliphatic carbocycles. The molecular weight excluding hydrogens is 394 g/mol. The summed E-state index contributed by atoms with van der Waals surface area (Å²) < 4.78 is 29.5. The summed E-state index contributed by atoms with van der Waals surface area (Å²) in [7, 11) is 0. The van der Waals surface area contributed by atoms with Crippen LogP contribution in [0.5, 0.6) is 5.75 Å². The molecule has 2 amide bonds. The van der Waals surface area contributed by atoms with Crippen LogP contribution in [0.4, 0.5) is 14.5 Å². The van der Waals surface area contributed by atoms with Crippen molar-refractivity contribution >= 4 is 17.5 Å². The van der Waals surface area contributed by atoms with Crippen LogP contribution in [0.2, 0.25) is 0 Å². The minimum atomic E-state index is -2.97. The maximum atomic E-state index is 12.6. The smallest absolute Gasteiger partial charge is 0.387 e. The van der Waals surface area contributed by atoms with Gasteiger partial charge in [-0.15, -0.1) is 0 Å². The number of nitrogens with one attached hydrogen (secondary N) is 1. The zero-order valence-electron chi connectivity index (χ0n) is 16.6. The minimum absolute atomic E-state index is 0.00327. The zero-order valence-corrected chi connectivity index (χ0v) is 16.6. The molecule has 7 nitrogen and oxygen atoms in total. The first-order chi connectivity index (χ1) is 14.4. The van der Waals surface area contributed by atoms with Gasteiger partial charge in [0, 0.05) is 38.1 Å². The Morgan fingerprint density at radius 2 is 1.80 bits per heavy atom. The second-order valence-electron chi connectivity index (χ2n) is 6.95. The molecule has 2 heterocycles. The lowest BCUT2D eigenvalue weighted by Gasteiger charge is -2.37. The number of carbonyl (C=O) groups excluding carboxylic acids is 2. The first-order valence-electron chi connectivity index (χ1n) is 9.70. The standard InChI is InChI=1S/C21H24F2N4O3/c1-15(20(29)25-17-7-2-3-8-18(17)30-21(22)23)26-10-12-27(13-11-26)19(28)14-16-6-4-5-9-24-16/h2-9,15,21H,10-14H2,1H3,(H,25,29). The lowest BCUT2D eigenvalue weighted by atomic mass is 10.2. The van der Waals surface area contributed by atoms with Gasteiger partial charge in [0.2, 0.25) is 11.8 Å². The van der Waals surface area contributed by atoms with E-state index in [4.69, 9.17) is 0 Å². The third-order valence-electron chi connectivity index (χ3n) is 5.01. The highest BCUT2D eigenvalue weighted by atomic mass is 19.3. The maximum absolute atomic E-state index is 12.6. The second kappa shape index (κ2) is 10.1. The van der Waals surface area contributed by atoms with E-state index >= 15 is 0 Å². The number of para-hydroxylation sites is 2. The summed E-state index contributed by atoms with van der Waals surface area (Å²) in [6.07, 6.45) is 1.91. The van der Waals surface area contributed by atoms with Gasteiger partial charge in [-0.25, -0.2) is 0 Å². The number of piperazine rings is 1. The molecule has 1 saturated heterocycles. The Morgan fingerprint density at radius 3 is 2.47 bits per heavy atom. The molecule has 9 heteroatoms. The third-order valence-corrected chi connectivity index (χ3v) is 5.01. The van der Waals surface area contributed by atoms with Gasteiger partial charge in [0.25, 0.3) is 0 Å². The number of ether oxygens (including phenoxy) is 1. The Morgan fingerprint density at radius 1 is 1.10 bits per heavy atom. The van der Waals surface area contributed by atoms with Crippen LogP contribution >= 0.6 is 0 Å². The van der Waals surface area contributed by atoms with Crippen molar-refractivity contribution in [1.82, 2.24) is 14.8 Å². The van der Waals surface area contributed by atoms with Crippen molar-refractivity contribution in [2.75, 3.05) is 31.5 Å². The van der Waals surface area contributed by atoms with Crippen LogP contribution in [-0.4, -0.2) is 65.4 Å². The number of benzene rings is 1. The summed E-state index contributed by atoms with van der Waals surface area (Å²) in [5.74, 6) is -0.407. The second-order valence-corrected chi connectivity index (χ2v) is 6.95. The molecule has 1 aromatic carbocycles. The Bertz CT molecular complexity index is 858. The van der Waals surface area contributed by atoms with Gasteiger partial charge in [0.15, 0.2) is 0 Å². The highest BCUT2D eigenvalue weighted by Crippen LogP contribution is 2.26. The van der Waals surface area contributed by atoms with Crippen LogP contribution in [-0.2, 0) is 16.0 Å². The molecule has 1 atom stereocenters. The Labute approximate surface area is 173 Å². The van der Waals surface area contributed by atoms with Crippen molar-refractivity contribution in [3.63, 3.8) is 0 Å². The van der Waals surface area contributed by atoms with E-state index in [0.717, 1.165) is 5.69 Å². The van der Waals surface area contributed by atoms with Crippen molar-refractivity contribution < 1.29 is 23.1 Å². The van der Waals surface area contributed by atoms with Crippen molar-refractivity contribution in [1.29, 1.82) is 0 Å². The number of anilines is 1. The van der Waals surface area contributed by atoms with Crippen LogP contribution in [0.3, 0.4) is 0 Å². The third kappa shape index (κ3) is 5.73. The van der Waals surface area contributed by atoms with Crippen molar-refractivity contribution in [3.05, 3.63) is 54.4 Å². The number of carbonyl (C=O) groups is 2. The molecule has 0 radical (unpaired) electrons. The van der Waals surface area contributed by atoms with E-state index < -0.39 is 12.7 Å². The van der Waals surface area contributed by atoms with Gasteiger partial charge in [-0.2, -0.15) is 8.78 Å². The Kier molecular flexibility index (Phi) is 7.29. The number of halogens is 2. The highest BCUT2D eigenvalue weighted by Gasteiger charge is 2.28. The number of nitrogens with zero attached hydrogens (tertiary/aromatic N) is 3. The largest absolute Gasteiger partial charge is 0.433 e. The molecule has 0 spiro atoms. The predicted octanol–water partition coefficient (Wildman–Crippen LogP) is 2.40. The average Bonchev–Trinajstić information content (AvgIpc) is 2.75. The summed E-state index contributed by atoms with van der Waals surface area (Å²) in [4.78, 5) is 33.0. The summed E-state index contributed by atoms with van der Waals surface area (Å²) in [6.45, 7) is 0.868. The van der Waals surface area contributed by atoms with E-state index in [-0.39, 0.29) is 29.7 Å². The average molecular weight is 418 g/mol. The number of alkyl halides is 2. The summed E-state index contributed by atoms with van der Waals surface area (Å²) in [6, 6.07) is 11.0. The van der Waals surface area contributed by atoms with Crippen molar-refractivity contribution in [3.8, 4) is 5.75 Å². The Hall–Kier alpha value is -3.07. The van der Waals surface area contributed by atoms with Gasteiger partial charge in [0.05, 0.1) is 18.2 Å². The van der Waals surface area contributed by atoms with E-state index in [1.807, 2.05) is 17.0 Å². The molecule has 1 N–H and O–H groups in total. The van der Waals surface area contributed by atoms with Crippen LogP contribution in [0, 0.1) is 0 Å². The fourth-order valence-electron chi connectivity index (χ4n) is 3.30. The molecular formula is C21H24F2N4O3. The predicted molar refractivity (Wildman–Crippen MR) is 107 cm³/mol. The van der Waals surface area contributed by atoms with Gasteiger partial charge >= 0.3 is 6.61 Å². The molecule has 0 bridgehead atoms. The molecule has 30 heavy (non-hydrogen) atoms. The number of pyridine rings is 1. The first-order valence-corrected chi connectivity index (χ1v) is 9.70. The van der Waals surface area contributed by atoms with Gasteiger partial charge in [-0.05, 0) is 31.2 Å². The highest BCUT2D eigenvalue weighted by molar-refractivity contribution is 5.95. The number of rotatable bonds is 7. The summed E-state index contributed by atoms with van der Waals surface area (Å²) in [5, 5.41) is 2.65. The molecule has 1 unspecified atom stereocenters. The van der Waals surface area contributed by atoms with Gasteiger partial charge < -0.3 is 15.0 Å². The number of aromatic nitrogens is 1. The lowest BCUT2D eigenvalue weighted by molar-refractivity contribution is -0.133.